The molecule has 24 heavy (non-hydrogen) atoms. The van der Waals surface area contributed by atoms with Crippen LogP contribution in [0.1, 0.15) is 11.1 Å². The summed E-state index contributed by atoms with van der Waals surface area (Å²) in [6.07, 6.45) is 0. The van der Waals surface area contributed by atoms with Crippen LogP contribution in [0.3, 0.4) is 0 Å². The Labute approximate surface area is 140 Å². The van der Waals surface area contributed by atoms with Crippen LogP contribution in [0.5, 0.6) is 0 Å². The molecule has 6 nitrogen and oxygen atoms in total. The molecule has 0 aliphatic rings. The molecule has 8 heteroatoms. The number of hydrogen-bond donors (Lipinski definition) is 1. The Morgan fingerprint density at radius 2 is 2.25 bits per heavy atom. The lowest BCUT2D eigenvalue weighted by molar-refractivity contribution is -0.122. The lowest BCUT2D eigenvalue weighted by Crippen LogP contribution is -2.31. The maximum Gasteiger partial charge on any atom is 0.437 e. The van der Waals surface area contributed by atoms with Crippen molar-refractivity contribution in [3.05, 3.63) is 63.2 Å². The Kier molecular flexibility index (Phi) is 4.57. The summed E-state index contributed by atoms with van der Waals surface area (Å²) in [6.45, 7) is 1.57. The minimum absolute atomic E-state index is 0.167. The summed E-state index contributed by atoms with van der Waals surface area (Å²) in [4.78, 5) is 24.4. The quantitative estimate of drug-likeness (QED) is 0.768. The van der Waals surface area contributed by atoms with Crippen LogP contribution in [0.2, 0.25) is 0 Å². The third-order valence-corrected chi connectivity index (χ3v) is 4.22. The highest BCUT2D eigenvalue weighted by atomic mass is 32.1. The summed E-state index contributed by atoms with van der Waals surface area (Å²) in [5.41, 5.74) is 1.18. The molecule has 124 valence electrons. The van der Waals surface area contributed by atoms with Gasteiger partial charge in [-0.2, -0.15) is 4.68 Å². The molecule has 1 aromatic carbocycles. The van der Waals surface area contributed by atoms with Crippen LogP contribution in [0, 0.1) is 12.7 Å². The first-order valence-corrected chi connectivity index (χ1v) is 8.04. The Morgan fingerprint density at radius 1 is 1.42 bits per heavy atom. The summed E-state index contributed by atoms with van der Waals surface area (Å²) >= 11 is 1.38. The third-order valence-electron chi connectivity index (χ3n) is 3.36. The molecule has 1 N–H and O–H groups in total. The molecule has 0 bridgehead atoms. The van der Waals surface area contributed by atoms with E-state index in [1.54, 1.807) is 25.1 Å². The average molecular weight is 347 g/mol. The van der Waals surface area contributed by atoms with Gasteiger partial charge in [0.15, 0.2) is 0 Å². The number of aryl methyl sites for hydroxylation is 1. The number of carbonyl (C=O) groups excluding carboxylic acids is 1. The molecule has 3 aromatic rings. The second-order valence-corrected chi connectivity index (χ2v) is 6.12. The number of aromatic nitrogens is 2. The van der Waals surface area contributed by atoms with Crippen LogP contribution in [0.4, 0.5) is 4.39 Å². The first-order valence-electron chi connectivity index (χ1n) is 7.16. The third kappa shape index (κ3) is 3.60. The van der Waals surface area contributed by atoms with Crippen molar-refractivity contribution in [3.8, 4) is 10.8 Å². The maximum atomic E-state index is 13.5. The van der Waals surface area contributed by atoms with Gasteiger partial charge in [0.05, 0.1) is 4.88 Å². The van der Waals surface area contributed by atoms with Crippen molar-refractivity contribution in [3.63, 3.8) is 0 Å². The minimum atomic E-state index is -0.699. The van der Waals surface area contributed by atoms with Crippen molar-refractivity contribution in [2.24, 2.45) is 0 Å². The number of carbonyl (C=O) groups is 1. The van der Waals surface area contributed by atoms with E-state index in [0.717, 1.165) is 4.68 Å². The fourth-order valence-corrected chi connectivity index (χ4v) is 2.69. The Morgan fingerprint density at radius 3 is 2.96 bits per heavy atom. The van der Waals surface area contributed by atoms with Crippen molar-refractivity contribution < 1.29 is 13.6 Å². The molecule has 2 heterocycles. The van der Waals surface area contributed by atoms with E-state index in [4.69, 9.17) is 4.42 Å². The van der Waals surface area contributed by atoms with Gasteiger partial charge in [-0.1, -0.05) is 18.2 Å². The van der Waals surface area contributed by atoms with Crippen molar-refractivity contribution in [2.45, 2.75) is 20.0 Å². The largest absolute Gasteiger partial charge is 0.437 e. The zero-order valence-corrected chi connectivity index (χ0v) is 13.6. The summed E-state index contributed by atoms with van der Waals surface area (Å²) in [7, 11) is 0. The molecule has 0 saturated heterocycles. The number of halogens is 1. The molecule has 0 aliphatic heterocycles. The number of amides is 1. The molecule has 0 atom stereocenters. The van der Waals surface area contributed by atoms with Gasteiger partial charge < -0.3 is 9.73 Å². The van der Waals surface area contributed by atoms with Crippen LogP contribution in [0.25, 0.3) is 10.8 Å². The minimum Gasteiger partial charge on any atom is -0.387 e. The van der Waals surface area contributed by atoms with Gasteiger partial charge in [0.2, 0.25) is 5.91 Å². The number of rotatable bonds is 5. The number of thiophene rings is 1. The SMILES string of the molecule is Cc1ccc(CNC(=O)Cn2nc(-c3cccs3)oc2=O)cc1F. The molecule has 0 spiro atoms. The van der Waals surface area contributed by atoms with E-state index in [9.17, 15) is 14.0 Å². The average Bonchev–Trinajstić information content (AvgIpc) is 3.19. The van der Waals surface area contributed by atoms with E-state index in [0.29, 0.717) is 16.0 Å². The van der Waals surface area contributed by atoms with Gasteiger partial charge >= 0.3 is 5.76 Å². The van der Waals surface area contributed by atoms with E-state index >= 15 is 0 Å². The highest BCUT2D eigenvalue weighted by Crippen LogP contribution is 2.20. The standard InChI is InChI=1S/C16H14FN3O3S/c1-10-4-5-11(7-12(10)17)8-18-14(21)9-20-16(22)23-15(19-20)13-3-2-6-24-13/h2-7H,8-9H2,1H3,(H,18,21). The predicted molar refractivity (Wildman–Crippen MR) is 87.1 cm³/mol. The van der Waals surface area contributed by atoms with Gasteiger partial charge in [0, 0.05) is 6.54 Å². The Bertz CT molecular complexity index is 915. The van der Waals surface area contributed by atoms with E-state index in [1.165, 1.54) is 17.4 Å². The highest BCUT2D eigenvalue weighted by molar-refractivity contribution is 7.13. The monoisotopic (exact) mass is 347 g/mol. The van der Waals surface area contributed by atoms with E-state index in [2.05, 4.69) is 10.4 Å². The van der Waals surface area contributed by atoms with Gasteiger partial charge in [-0.25, -0.2) is 9.18 Å². The number of nitrogens with zero attached hydrogens (tertiary/aromatic N) is 2. The summed E-state index contributed by atoms with van der Waals surface area (Å²) in [6, 6.07) is 8.33. The first kappa shape index (κ1) is 16.1. The Balaban J connectivity index is 1.63. The van der Waals surface area contributed by atoms with Crippen LogP contribution in [-0.2, 0) is 17.9 Å². The molecule has 0 aliphatic carbocycles. The van der Waals surface area contributed by atoms with Gasteiger partial charge in [-0.3, -0.25) is 4.79 Å². The molecule has 0 fully saturated rings. The van der Waals surface area contributed by atoms with Gasteiger partial charge in [0.25, 0.3) is 5.89 Å². The van der Waals surface area contributed by atoms with Crippen LogP contribution in [0.15, 0.2) is 44.9 Å². The maximum absolute atomic E-state index is 13.5. The molecular weight excluding hydrogens is 333 g/mol. The highest BCUT2D eigenvalue weighted by Gasteiger charge is 2.13. The van der Waals surface area contributed by atoms with E-state index in [1.807, 2.05) is 11.4 Å². The second kappa shape index (κ2) is 6.79. The van der Waals surface area contributed by atoms with Gasteiger partial charge in [-0.15, -0.1) is 16.4 Å². The second-order valence-electron chi connectivity index (χ2n) is 5.17. The zero-order chi connectivity index (χ0) is 17.1. The lowest BCUT2D eigenvalue weighted by atomic mass is 10.1. The van der Waals surface area contributed by atoms with E-state index < -0.39 is 11.7 Å². The van der Waals surface area contributed by atoms with E-state index in [-0.39, 0.29) is 24.8 Å². The summed E-state index contributed by atoms with van der Waals surface area (Å²) in [5, 5.41) is 8.46. The summed E-state index contributed by atoms with van der Waals surface area (Å²) < 4.78 is 19.4. The smallest absolute Gasteiger partial charge is 0.387 e. The molecule has 0 saturated carbocycles. The topological polar surface area (TPSA) is 77.1 Å². The van der Waals surface area contributed by atoms with Crippen molar-refractivity contribution in [1.29, 1.82) is 0 Å². The molecule has 0 unspecified atom stereocenters. The van der Waals surface area contributed by atoms with Crippen molar-refractivity contribution in [1.82, 2.24) is 15.1 Å². The van der Waals surface area contributed by atoms with Crippen LogP contribution < -0.4 is 11.1 Å². The fraction of sp³-hybridized carbons (Fsp3) is 0.188. The lowest BCUT2D eigenvalue weighted by Gasteiger charge is -2.05. The van der Waals surface area contributed by atoms with Crippen LogP contribution >= 0.6 is 11.3 Å². The van der Waals surface area contributed by atoms with Crippen LogP contribution in [-0.4, -0.2) is 15.7 Å². The molecule has 3 rings (SSSR count). The van der Waals surface area contributed by atoms with Gasteiger partial charge in [-0.05, 0) is 35.6 Å². The van der Waals surface area contributed by atoms with Gasteiger partial charge in [0.1, 0.15) is 12.4 Å². The fourth-order valence-electron chi connectivity index (χ4n) is 2.04. The number of nitrogens with one attached hydrogen (secondary N) is 1. The molecular formula is C16H14FN3O3S. The number of benzene rings is 1. The summed E-state index contributed by atoms with van der Waals surface area (Å²) in [5.74, 6) is -1.25. The van der Waals surface area contributed by atoms with Crippen molar-refractivity contribution in [2.75, 3.05) is 0 Å². The zero-order valence-electron chi connectivity index (χ0n) is 12.8. The number of hydrogen-bond acceptors (Lipinski definition) is 5. The predicted octanol–water partition coefficient (Wildman–Crippen LogP) is 2.33. The molecule has 0 radical (unpaired) electrons. The van der Waals surface area contributed by atoms with Crippen molar-refractivity contribution >= 4 is 17.2 Å². The Hall–Kier alpha value is -2.74. The molecule has 1 amide bonds. The normalized spacial score (nSPS) is 10.8. The first-order chi connectivity index (χ1) is 11.5. The molecule has 2 aromatic heterocycles.